The van der Waals surface area contributed by atoms with Crippen molar-refractivity contribution < 1.29 is 19.8 Å². The molecule has 3 atom stereocenters. The quantitative estimate of drug-likeness (QED) is 0.711. The summed E-state index contributed by atoms with van der Waals surface area (Å²) in [4.78, 5) is 22.4. The molecule has 1 amide bonds. The highest BCUT2D eigenvalue weighted by atomic mass is 16.4. The number of nitrogens with one attached hydrogen (secondary N) is 1. The fourth-order valence-corrected chi connectivity index (χ4v) is 1.96. The molecule has 0 saturated heterocycles. The van der Waals surface area contributed by atoms with E-state index < -0.39 is 23.8 Å². The first kappa shape index (κ1) is 12.6. The number of hydrogen-bond acceptors (Lipinski definition) is 3. The lowest BCUT2D eigenvalue weighted by atomic mass is 10.1. The van der Waals surface area contributed by atoms with E-state index in [2.05, 4.69) is 5.32 Å². The number of carbonyl (C=O) groups excluding carboxylic acids is 1. The topological polar surface area (TPSA) is 86.6 Å². The molecule has 96 valence electrons. The molecule has 1 aliphatic carbocycles. The van der Waals surface area contributed by atoms with Crippen LogP contribution in [0.2, 0.25) is 0 Å². The molecule has 0 bridgehead atoms. The summed E-state index contributed by atoms with van der Waals surface area (Å²) in [6.07, 6.45) is 0.383. The Morgan fingerprint density at radius 2 is 1.94 bits per heavy atom. The molecular weight excluding hydrogens is 234 g/mol. The second-order valence-electron chi connectivity index (χ2n) is 4.44. The number of aliphatic hydroxyl groups excluding tert-OH is 1. The van der Waals surface area contributed by atoms with Crippen LogP contribution in [0.1, 0.15) is 18.0 Å². The third kappa shape index (κ3) is 2.68. The maximum absolute atomic E-state index is 11.8. The Bertz CT molecular complexity index is 446. The van der Waals surface area contributed by atoms with Crippen LogP contribution in [0.15, 0.2) is 30.3 Å². The van der Waals surface area contributed by atoms with Crippen LogP contribution in [-0.4, -0.2) is 28.7 Å². The number of hydrogen-bond donors (Lipinski definition) is 3. The van der Waals surface area contributed by atoms with Crippen LogP contribution in [0, 0.1) is 11.8 Å². The fourth-order valence-electron chi connectivity index (χ4n) is 1.96. The van der Waals surface area contributed by atoms with Crippen molar-refractivity contribution in [3.05, 3.63) is 35.9 Å². The number of aliphatic hydroxyl groups is 1. The highest BCUT2D eigenvalue weighted by Gasteiger charge is 2.48. The predicted molar refractivity (Wildman–Crippen MR) is 63.6 cm³/mol. The summed E-state index contributed by atoms with van der Waals surface area (Å²) in [6.45, 7) is -0.208. The maximum atomic E-state index is 11.8. The summed E-state index contributed by atoms with van der Waals surface area (Å²) in [5.41, 5.74) is 0.806. The van der Waals surface area contributed by atoms with E-state index in [1.165, 1.54) is 0 Å². The molecule has 0 aliphatic heterocycles. The smallest absolute Gasteiger partial charge is 0.307 e. The van der Waals surface area contributed by atoms with Crippen molar-refractivity contribution in [3.8, 4) is 0 Å². The monoisotopic (exact) mass is 249 g/mol. The van der Waals surface area contributed by atoms with Crippen LogP contribution in [0.4, 0.5) is 0 Å². The molecule has 1 fully saturated rings. The third-order valence-electron chi connectivity index (χ3n) is 3.15. The largest absolute Gasteiger partial charge is 0.481 e. The molecule has 1 saturated carbocycles. The van der Waals surface area contributed by atoms with Crippen molar-refractivity contribution in [1.29, 1.82) is 0 Å². The molecule has 1 aromatic rings. The van der Waals surface area contributed by atoms with Gasteiger partial charge in [-0.1, -0.05) is 30.3 Å². The molecule has 0 spiro atoms. The SMILES string of the molecule is O=C(O)C1CC1C(=O)N[C@@H](CO)c1ccccc1. The number of carboxylic acid groups (broad SMARTS) is 1. The van der Waals surface area contributed by atoms with Crippen LogP contribution in [-0.2, 0) is 9.59 Å². The molecule has 1 aliphatic rings. The Morgan fingerprint density at radius 3 is 2.44 bits per heavy atom. The van der Waals surface area contributed by atoms with Gasteiger partial charge in [0.1, 0.15) is 0 Å². The zero-order chi connectivity index (χ0) is 13.1. The highest BCUT2D eigenvalue weighted by molar-refractivity contribution is 5.89. The molecule has 3 N–H and O–H groups in total. The van der Waals surface area contributed by atoms with Crippen molar-refractivity contribution >= 4 is 11.9 Å². The molecule has 0 radical (unpaired) electrons. The van der Waals surface area contributed by atoms with Gasteiger partial charge >= 0.3 is 5.97 Å². The van der Waals surface area contributed by atoms with Gasteiger partial charge < -0.3 is 15.5 Å². The minimum absolute atomic E-state index is 0.208. The number of rotatable bonds is 5. The summed E-state index contributed by atoms with van der Waals surface area (Å²) in [7, 11) is 0. The van der Waals surface area contributed by atoms with E-state index in [0.29, 0.717) is 6.42 Å². The second-order valence-corrected chi connectivity index (χ2v) is 4.44. The number of benzene rings is 1. The summed E-state index contributed by atoms with van der Waals surface area (Å²) >= 11 is 0. The molecule has 2 unspecified atom stereocenters. The third-order valence-corrected chi connectivity index (χ3v) is 3.15. The minimum atomic E-state index is -0.935. The Hall–Kier alpha value is -1.88. The normalized spacial score (nSPS) is 23.2. The predicted octanol–water partition coefficient (Wildman–Crippen LogP) is 0.557. The summed E-state index contributed by atoms with van der Waals surface area (Å²) in [5.74, 6) is -2.26. The van der Waals surface area contributed by atoms with Gasteiger partial charge in [-0.05, 0) is 12.0 Å². The Balaban J connectivity index is 1.96. The molecule has 0 aromatic heterocycles. The summed E-state index contributed by atoms with van der Waals surface area (Å²) < 4.78 is 0. The van der Waals surface area contributed by atoms with Crippen molar-refractivity contribution in [2.75, 3.05) is 6.61 Å². The Morgan fingerprint density at radius 1 is 1.28 bits per heavy atom. The highest BCUT2D eigenvalue weighted by Crippen LogP contribution is 2.39. The van der Waals surface area contributed by atoms with Crippen molar-refractivity contribution in [2.24, 2.45) is 11.8 Å². The fraction of sp³-hybridized carbons (Fsp3) is 0.385. The van der Waals surface area contributed by atoms with E-state index in [1.54, 1.807) is 0 Å². The number of carboxylic acids is 1. The van der Waals surface area contributed by atoms with Gasteiger partial charge in [-0.25, -0.2) is 0 Å². The average molecular weight is 249 g/mol. The van der Waals surface area contributed by atoms with E-state index in [-0.39, 0.29) is 12.5 Å². The molecule has 5 heteroatoms. The summed E-state index contributed by atoms with van der Waals surface area (Å²) in [6, 6.07) is 8.63. The first-order valence-corrected chi connectivity index (χ1v) is 5.82. The van der Waals surface area contributed by atoms with Crippen molar-refractivity contribution in [2.45, 2.75) is 12.5 Å². The molecule has 18 heavy (non-hydrogen) atoms. The van der Waals surface area contributed by atoms with Crippen LogP contribution in [0.5, 0.6) is 0 Å². The lowest BCUT2D eigenvalue weighted by Gasteiger charge is -2.16. The van der Waals surface area contributed by atoms with E-state index in [0.717, 1.165) is 5.56 Å². The molecular formula is C13H15NO4. The summed E-state index contributed by atoms with van der Waals surface area (Å²) in [5, 5.41) is 20.7. The van der Waals surface area contributed by atoms with E-state index >= 15 is 0 Å². The molecule has 0 heterocycles. The first-order valence-electron chi connectivity index (χ1n) is 5.82. The second kappa shape index (κ2) is 5.18. The van der Waals surface area contributed by atoms with E-state index in [1.807, 2.05) is 30.3 Å². The van der Waals surface area contributed by atoms with Crippen LogP contribution in [0.3, 0.4) is 0 Å². The number of carbonyl (C=O) groups is 2. The zero-order valence-corrected chi connectivity index (χ0v) is 9.74. The van der Waals surface area contributed by atoms with Crippen LogP contribution in [0.25, 0.3) is 0 Å². The van der Waals surface area contributed by atoms with Gasteiger partial charge in [-0.3, -0.25) is 9.59 Å². The van der Waals surface area contributed by atoms with Gasteiger partial charge in [0.25, 0.3) is 0 Å². The number of amides is 1. The molecule has 2 rings (SSSR count). The van der Waals surface area contributed by atoms with Gasteiger partial charge in [0.05, 0.1) is 24.5 Å². The average Bonchev–Trinajstić information content (AvgIpc) is 3.17. The van der Waals surface area contributed by atoms with Gasteiger partial charge in [0.15, 0.2) is 0 Å². The Kier molecular flexibility index (Phi) is 3.62. The lowest BCUT2D eigenvalue weighted by Crippen LogP contribution is -2.32. The lowest BCUT2D eigenvalue weighted by molar-refractivity contribution is -0.140. The zero-order valence-electron chi connectivity index (χ0n) is 9.74. The maximum Gasteiger partial charge on any atom is 0.307 e. The molecule has 1 aromatic carbocycles. The molecule has 5 nitrogen and oxygen atoms in total. The standard InChI is InChI=1S/C13H15NO4/c15-7-11(8-4-2-1-3-5-8)14-12(16)9-6-10(9)13(17)18/h1-5,9-11,15H,6-7H2,(H,14,16)(H,17,18)/t9?,10?,11-/m0/s1. The first-order chi connectivity index (χ1) is 8.63. The van der Waals surface area contributed by atoms with Gasteiger partial charge in [-0.15, -0.1) is 0 Å². The Labute approximate surface area is 104 Å². The van der Waals surface area contributed by atoms with E-state index in [4.69, 9.17) is 5.11 Å². The van der Waals surface area contributed by atoms with Crippen LogP contribution < -0.4 is 5.32 Å². The number of aliphatic carboxylic acids is 1. The van der Waals surface area contributed by atoms with Gasteiger partial charge in [0, 0.05) is 0 Å². The van der Waals surface area contributed by atoms with E-state index in [9.17, 15) is 14.7 Å². The minimum Gasteiger partial charge on any atom is -0.481 e. The van der Waals surface area contributed by atoms with Gasteiger partial charge in [-0.2, -0.15) is 0 Å². The van der Waals surface area contributed by atoms with Gasteiger partial charge in [0.2, 0.25) is 5.91 Å². The van der Waals surface area contributed by atoms with Crippen molar-refractivity contribution in [3.63, 3.8) is 0 Å². The van der Waals surface area contributed by atoms with Crippen LogP contribution >= 0.6 is 0 Å². The van der Waals surface area contributed by atoms with Crippen molar-refractivity contribution in [1.82, 2.24) is 5.32 Å².